The average Bonchev–Trinajstić information content (AvgIpc) is 2.47. The highest BCUT2D eigenvalue weighted by molar-refractivity contribution is 5.87. The van der Waals surface area contributed by atoms with Crippen molar-refractivity contribution in [2.45, 2.75) is 57.3 Å². The van der Waals surface area contributed by atoms with Crippen LogP contribution in [0.1, 0.15) is 40.5 Å². The van der Waals surface area contributed by atoms with Crippen LogP contribution in [0.25, 0.3) is 0 Å². The predicted molar refractivity (Wildman–Crippen MR) is 74.8 cm³/mol. The summed E-state index contributed by atoms with van der Waals surface area (Å²) in [5, 5.41) is 3.37. The third kappa shape index (κ3) is 2.39. The van der Waals surface area contributed by atoms with Gasteiger partial charge in [-0.2, -0.15) is 0 Å². The van der Waals surface area contributed by atoms with Crippen molar-refractivity contribution < 1.29 is 9.53 Å². The van der Waals surface area contributed by atoms with Gasteiger partial charge in [-0.25, -0.2) is 0 Å². The molecule has 0 aromatic rings. The van der Waals surface area contributed by atoms with E-state index in [1.807, 2.05) is 27.7 Å². The summed E-state index contributed by atoms with van der Waals surface area (Å²) in [5.41, 5.74) is 4.24. The molecule has 19 heavy (non-hydrogen) atoms. The zero-order valence-electron chi connectivity index (χ0n) is 12.6. The van der Waals surface area contributed by atoms with Crippen LogP contribution in [0.3, 0.4) is 0 Å². The Balaban J connectivity index is 2.39. The highest BCUT2D eigenvalue weighted by Crippen LogP contribution is 2.48. The molecule has 110 valence electrons. The molecule has 0 spiro atoms. The summed E-state index contributed by atoms with van der Waals surface area (Å²) in [7, 11) is 0. The lowest BCUT2D eigenvalue weighted by molar-refractivity contribution is -0.145. The van der Waals surface area contributed by atoms with Crippen molar-refractivity contribution in [1.29, 1.82) is 0 Å². The molecule has 2 saturated heterocycles. The normalized spacial score (nSPS) is 34.9. The number of hydrogen-bond acceptors (Lipinski definition) is 4. The zero-order valence-corrected chi connectivity index (χ0v) is 12.6. The Hall–Kier alpha value is -0.650. The second-order valence-corrected chi connectivity index (χ2v) is 6.86. The fourth-order valence-electron chi connectivity index (χ4n) is 3.90. The summed E-state index contributed by atoms with van der Waals surface area (Å²) in [5.74, 6) is -0.259. The van der Waals surface area contributed by atoms with Crippen LogP contribution >= 0.6 is 0 Å². The summed E-state index contributed by atoms with van der Waals surface area (Å²) < 4.78 is 6.14. The number of nitrogens with zero attached hydrogens (tertiary/aromatic N) is 1. The van der Waals surface area contributed by atoms with Crippen LogP contribution in [0.2, 0.25) is 0 Å². The maximum absolute atomic E-state index is 12.3. The molecule has 5 nitrogen and oxygen atoms in total. The zero-order chi connectivity index (χ0) is 14.3. The summed E-state index contributed by atoms with van der Waals surface area (Å²) in [4.78, 5) is 14.6. The Morgan fingerprint density at radius 2 is 1.89 bits per heavy atom. The molecular formula is C14H27N3O2. The third-order valence-electron chi connectivity index (χ3n) is 4.50. The molecule has 0 aromatic carbocycles. The maximum atomic E-state index is 12.3. The van der Waals surface area contributed by atoms with E-state index in [0.717, 1.165) is 32.6 Å². The minimum Gasteiger partial charge on any atom is -0.368 e. The molecule has 2 aliphatic heterocycles. The number of nitrogens with two attached hydrogens (primary N) is 1. The molecule has 3 N–H and O–H groups in total. The second-order valence-electron chi connectivity index (χ2n) is 6.86. The van der Waals surface area contributed by atoms with E-state index in [2.05, 4.69) is 10.2 Å². The summed E-state index contributed by atoms with van der Waals surface area (Å²) in [6, 6.07) is 0. The van der Waals surface area contributed by atoms with Gasteiger partial charge in [0.2, 0.25) is 5.91 Å². The van der Waals surface area contributed by atoms with Crippen molar-refractivity contribution in [3.63, 3.8) is 0 Å². The molecular weight excluding hydrogens is 242 g/mol. The van der Waals surface area contributed by atoms with Crippen LogP contribution in [-0.2, 0) is 9.53 Å². The standard InChI is InChI=1S/C14H27N3O2/c1-12(2)10-14(11(15)18,13(3,4)19-12)17-8-5-6-16-7-9-17/h16H,5-10H2,1-4H3,(H2,15,18). The van der Waals surface area contributed by atoms with Gasteiger partial charge in [0.1, 0.15) is 5.54 Å². The number of amides is 1. The van der Waals surface area contributed by atoms with Gasteiger partial charge in [-0.1, -0.05) is 0 Å². The SMILES string of the molecule is CC1(C)CC(C(N)=O)(N2CCCNCC2)C(C)(C)O1. The average molecular weight is 269 g/mol. The highest BCUT2D eigenvalue weighted by atomic mass is 16.5. The topological polar surface area (TPSA) is 67.6 Å². The first kappa shape index (κ1) is 14.8. The van der Waals surface area contributed by atoms with Gasteiger partial charge < -0.3 is 15.8 Å². The number of primary amides is 1. The maximum Gasteiger partial charge on any atom is 0.241 e. The molecule has 0 aliphatic carbocycles. The Labute approximate surface area is 115 Å². The molecule has 2 fully saturated rings. The van der Waals surface area contributed by atoms with Crippen LogP contribution in [0.15, 0.2) is 0 Å². The first-order valence-electron chi connectivity index (χ1n) is 7.17. The van der Waals surface area contributed by atoms with E-state index < -0.39 is 11.1 Å². The van der Waals surface area contributed by atoms with E-state index >= 15 is 0 Å². The van der Waals surface area contributed by atoms with Gasteiger partial charge in [-0.15, -0.1) is 0 Å². The van der Waals surface area contributed by atoms with E-state index in [4.69, 9.17) is 10.5 Å². The van der Waals surface area contributed by atoms with E-state index in [9.17, 15) is 4.79 Å². The van der Waals surface area contributed by atoms with Crippen molar-refractivity contribution in [3.05, 3.63) is 0 Å². The molecule has 5 heteroatoms. The molecule has 2 rings (SSSR count). The van der Waals surface area contributed by atoms with Gasteiger partial charge >= 0.3 is 0 Å². The van der Waals surface area contributed by atoms with Crippen molar-refractivity contribution in [2.24, 2.45) is 5.73 Å². The van der Waals surface area contributed by atoms with Crippen molar-refractivity contribution in [3.8, 4) is 0 Å². The molecule has 2 aliphatic rings. The predicted octanol–water partition coefficient (Wildman–Crippen LogP) is 0.483. The monoisotopic (exact) mass is 269 g/mol. The Morgan fingerprint density at radius 1 is 1.21 bits per heavy atom. The Bertz CT molecular complexity index is 360. The van der Waals surface area contributed by atoms with Crippen molar-refractivity contribution in [2.75, 3.05) is 26.2 Å². The molecule has 0 aromatic heterocycles. The largest absolute Gasteiger partial charge is 0.368 e. The first-order valence-corrected chi connectivity index (χ1v) is 7.17. The van der Waals surface area contributed by atoms with Gasteiger partial charge in [0, 0.05) is 26.1 Å². The lowest BCUT2D eigenvalue weighted by atomic mass is 9.76. The molecule has 1 amide bonds. The van der Waals surface area contributed by atoms with Crippen LogP contribution < -0.4 is 11.1 Å². The van der Waals surface area contributed by atoms with Crippen molar-refractivity contribution in [1.82, 2.24) is 10.2 Å². The summed E-state index contributed by atoms with van der Waals surface area (Å²) >= 11 is 0. The molecule has 0 saturated carbocycles. The molecule has 2 heterocycles. The summed E-state index contributed by atoms with van der Waals surface area (Å²) in [6.45, 7) is 11.7. The first-order chi connectivity index (χ1) is 8.71. The molecule has 0 radical (unpaired) electrons. The van der Waals surface area contributed by atoms with Gasteiger partial charge in [-0.05, 0) is 40.7 Å². The fraction of sp³-hybridized carbons (Fsp3) is 0.929. The van der Waals surface area contributed by atoms with Crippen LogP contribution in [0.5, 0.6) is 0 Å². The molecule has 0 bridgehead atoms. The minimum absolute atomic E-state index is 0.259. The van der Waals surface area contributed by atoms with E-state index in [-0.39, 0.29) is 11.5 Å². The number of rotatable bonds is 2. The minimum atomic E-state index is -0.706. The highest BCUT2D eigenvalue weighted by Gasteiger charge is 2.63. The number of nitrogens with one attached hydrogen (secondary N) is 1. The smallest absolute Gasteiger partial charge is 0.241 e. The van der Waals surface area contributed by atoms with Crippen LogP contribution in [0, 0.1) is 0 Å². The third-order valence-corrected chi connectivity index (χ3v) is 4.50. The number of ether oxygens (including phenoxy) is 1. The van der Waals surface area contributed by atoms with E-state index in [1.54, 1.807) is 0 Å². The Kier molecular flexibility index (Phi) is 3.66. The van der Waals surface area contributed by atoms with Crippen molar-refractivity contribution >= 4 is 5.91 Å². The molecule has 1 unspecified atom stereocenters. The number of hydrogen-bond donors (Lipinski definition) is 2. The van der Waals surface area contributed by atoms with Gasteiger partial charge in [0.15, 0.2) is 0 Å². The van der Waals surface area contributed by atoms with Gasteiger partial charge in [-0.3, -0.25) is 9.69 Å². The Morgan fingerprint density at radius 3 is 2.42 bits per heavy atom. The van der Waals surface area contributed by atoms with Gasteiger partial charge in [0.05, 0.1) is 11.2 Å². The van der Waals surface area contributed by atoms with Crippen LogP contribution in [0.4, 0.5) is 0 Å². The van der Waals surface area contributed by atoms with E-state index in [1.165, 1.54) is 0 Å². The molecule has 1 atom stereocenters. The lowest BCUT2D eigenvalue weighted by Gasteiger charge is -2.45. The number of carbonyl (C=O) groups excluding carboxylic acids is 1. The quantitative estimate of drug-likeness (QED) is 0.765. The lowest BCUT2D eigenvalue weighted by Crippen LogP contribution is -2.67. The fourth-order valence-corrected chi connectivity index (χ4v) is 3.90. The number of carbonyl (C=O) groups is 1. The van der Waals surface area contributed by atoms with E-state index in [0.29, 0.717) is 6.42 Å². The van der Waals surface area contributed by atoms with Crippen LogP contribution in [-0.4, -0.2) is 53.7 Å². The van der Waals surface area contributed by atoms with Gasteiger partial charge in [0.25, 0.3) is 0 Å². The summed E-state index contributed by atoms with van der Waals surface area (Å²) in [6.07, 6.45) is 1.69. The second kappa shape index (κ2) is 4.72.